The van der Waals surface area contributed by atoms with Gasteiger partial charge in [0.05, 0.1) is 5.52 Å². The van der Waals surface area contributed by atoms with E-state index in [1.54, 1.807) is 18.6 Å². The Labute approximate surface area is 132 Å². The van der Waals surface area contributed by atoms with Gasteiger partial charge in [-0.05, 0) is 53.1 Å². The maximum absolute atomic E-state index is 6.01. The highest BCUT2D eigenvalue weighted by Crippen LogP contribution is 2.35. The van der Waals surface area contributed by atoms with E-state index in [1.807, 2.05) is 30.3 Å². The fraction of sp³-hybridized carbons (Fsp3) is 0. The lowest BCUT2D eigenvalue weighted by Crippen LogP contribution is -1.91. The van der Waals surface area contributed by atoms with Gasteiger partial charge in [-0.25, -0.2) is 4.98 Å². The molecule has 0 atom stereocenters. The third kappa shape index (κ3) is 2.26. The SMILES string of the molecule is Nc1cc(-c2cc(-c3ccncc3)c3[nH]nc(N)c3c2)ccn1. The van der Waals surface area contributed by atoms with Gasteiger partial charge < -0.3 is 11.5 Å². The van der Waals surface area contributed by atoms with Crippen molar-refractivity contribution in [3.63, 3.8) is 0 Å². The van der Waals surface area contributed by atoms with E-state index in [0.29, 0.717) is 11.6 Å². The molecule has 0 bridgehead atoms. The van der Waals surface area contributed by atoms with Crippen LogP contribution in [0.25, 0.3) is 33.2 Å². The molecule has 6 heteroatoms. The van der Waals surface area contributed by atoms with Crippen molar-refractivity contribution >= 4 is 22.5 Å². The second kappa shape index (κ2) is 5.10. The van der Waals surface area contributed by atoms with Crippen molar-refractivity contribution in [2.45, 2.75) is 0 Å². The fourth-order valence-electron chi connectivity index (χ4n) is 2.69. The predicted molar refractivity (Wildman–Crippen MR) is 91.4 cm³/mol. The minimum atomic E-state index is 0.471. The Hall–Kier alpha value is -3.41. The van der Waals surface area contributed by atoms with Crippen LogP contribution in [-0.4, -0.2) is 20.2 Å². The van der Waals surface area contributed by atoms with Gasteiger partial charge in [0.2, 0.25) is 0 Å². The lowest BCUT2D eigenvalue weighted by Gasteiger charge is -2.08. The smallest absolute Gasteiger partial charge is 0.153 e. The summed E-state index contributed by atoms with van der Waals surface area (Å²) < 4.78 is 0. The number of nitrogens with two attached hydrogens (primary N) is 2. The topological polar surface area (TPSA) is 106 Å². The van der Waals surface area contributed by atoms with E-state index in [9.17, 15) is 0 Å². The Morgan fingerprint density at radius 1 is 0.826 bits per heavy atom. The van der Waals surface area contributed by atoms with Gasteiger partial charge in [-0.3, -0.25) is 10.1 Å². The molecule has 0 aliphatic rings. The third-order valence-electron chi connectivity index (χ3n) is 3.81. The highest BCUT2D eigenvalue weighted by molar-refractivity contribution is 6.02. The largest absolute Gasteiger partial charge is 0.384 e. The highest BCUT2D eigenvalue weighted by atomic mass is 15.1. The van der Waals surface area contributed by atoms with Gasteiger partial charge in [0.15, 0.2) is 5.82 Å². The first-order valence-electron chi connectivity index (χ1n) is 7.12. The maximum atomic E-state index is 6.01. The summed E-state index contributed by atoms with van der Waals surface area (Å²) in [5.41, 5.74) is 16.8. The standard InChI is InChI=1S/C17H14N6/c18-15-9-11(3-6-21-15)12-7-13(10-1-4-20-5-2-10)16-14(8-12)17(19)23-22-16/h1-9H,(H2,18,21)(H3,19,22,23). The summed E-state index contributed by atoms with van der Waals surface area (Å²) in [4.78, 5) is 8.12. The summed E-state index contributed by atoms with van der Waals surface area (Å²) in [5.74, 6) is 0.951. The van der Waals surface area contributed by atoms with Gasteiger partial charge in [-0.2, -0.15) is 5.10 Å². The Morgan fingerprint density at radius 3 is 2.39 bits per heavy atom. The molecule has 0 aliphatic carbocycles. The molecule has 4 rings (SSSR count). The zero-order chi connectivity index (χ0) is 15.8. The van der Waals surface area contributed by atoms with Crippen LogP contribution in [-0.2, 0) is 0 Å². The third-order valence-corrected chi connectivity index (χ3v) is 3.81. The molecule has 112 valence electrons. The molecule has 0 fully saturated rings. The molecule has 6 nitrogen and oxygen atoms in total. The van der Waals surface area contributed by atoms with Crippen molar-refractivity contribution in [1.29, 1.82) is 0 Å². The number of hydrogen-bond acceptors (Lipinski definition) is 5. The number of rotatable bonds is 2. The minimum Gasteiger partial charge on any atom is -0.384 e. The van der Waals surface area contributed by atoms with Gasteiger partial charge in [-0.1, -0.05) is 0 Å². The maximum Gasteiger partial charge on any atom is 0.153 e. The molecular formula is C17H14N6. The first-order valence-corrected chi connectivity index (χ1v) is 7.12. The zero-order valence-electron chi connectivity index (χ0n) is 12.2. The average Bonchev–Trinajstić information content (AvgIpc) is 2.96. The van der Waals surface area contributed by atoms with Crippen LogP contribution in [0.2, 0.25) is 0 Å². The predicted octanol–water partition coefficient (Wildman–Crippen LogP) is 2.85. The number of aromatic amines is 1. The van der Waals surface area contributed by atoms with Crippen LogP contribution in [0.3, 0.4) is 0 Å². The second-order valence-electron chi connectivity index (χ2n) is 5.26. The Kier molecular flexibility index (Phi) is 2.94. The van der Waals surface area contributed by atoms with Crippen molar-refractivity contribution in [3.8, 4) is 22.3 Å². The van der Waals surface area contributed by atoms with Crippen molar-refractivity contribution in [1.82, 2.24) is 20.2 Å². The zero-order valence-corrected chi connectivity index (χ0v) is 12.2. The molecule has 0 aliphatic heterocycles. The number of nitrogen functional groups attached to an aromatic ring is 2. The number of benzene rings is 1. The van der Waals surface area contributed by atoms with E-state index in [4.69, 9.17) is 11.5 Å². The van der Waals surface area contributed by atoms with Crippen molar-refractivity contribution in [2.75, 3.05) is 11.5 Å². The van der Waals surface area contributed by atoms with Crippen LogP contribution in [0.4, 0.5) is 11.6 Å². The molecule has 0 saturated heterocycles. The summed E-state index contributed by atoms with van der Waals surface area (Å²) in [7, 11) is 0. The molecule has 3 heterocycles. The lowest BCUT2D eigenvalue weighted by atomic mass is 9.97. The summed E-state index contributed by atoms with van der Waals surface area (Å²) in [6.07, 6.45) is 5.22. The number of nitrogens with zero attached hydrogens (tertiary/aromatic N) is 3. The van der Waals surface area contributed by atoms with Gasteiger partial charge in [0.25, 0.3) is 0 Å². The Balaban J connectivity index is 2.02. The first-order chi connectivity index (χ1) is 11.2. The van der Waals surface area contributed by atoms with Gasteiger partial charge in [0, 0.05) is 29.5 Å². The van der Waals surface area contributed by atoms with E-state index in [-0.39, 0.29) is 0 Å². The first kappa shape index (κ1) is 13.3. The van der Waals surface area contributed by atoms with E-state index in [1.165, 1.54) is 0 Å². The summed E-state index contributed by atoms with van der Waals surface area (Å²) in [6.45, 7) is 0. The van der Waals surface area contributed by atoms with E-state index in [2.05, 4.69) is 26.2 Å². The Morgan fingerprint density at radius 2 is 1.61 bits per heavy atom. The number of H-pyrrole nitrogens is 1. The fourth-order valence-corrected chi connectivity index (χ4v) is 2.69. The monoisotopic (exact) mass is 302 g/mol. The van der Waals surface area contributed by atoms with Crippen molar-refractivity contribution in [3.05, 3.63) is 55.0 Å². The Bertz CT molecular complexity index is 991. The van der Waals surface area contributed by atoms with Gasteiger partial charge in [0.1, 0.15) is 5.82 Å². The number of anilines is 2. The molecular weight excluding hydrogens is 288 g/mol. The molecule has 4 aromatic rings. The van der Waals surface area contributed by atoms with E-state index in [0.717, 1.165) is 33.2 Å². The van der Waals surface area contributed by atoms with Crippen molar-refractivity contribution in [2.24, 2.45) is 0 Å². The molecule has 23 heavy (non-hydrogen) atoms. The van der Waals surface area contributed by atoms with Crippen LogP contribution >= 0.6 is 0 Å². The summed E-state index contributed by atoms with van der Waals surface area (Å²) >= 11 is 0. The molecule has 0 radical (unpaired) electrons. The van der Waals surface area contributed by atoms with E-state index >= 15 is 0 Å². The molecule has 0 amide bonds. The second-order valence-corrected chi connectivity index (χ2v) is 5.26. The van der Waals surface area contributed by atoms with Gasteiger partial charge in [-0.15, -0.1) is 0 Å². The van der Waals surface area contributed by atoms with Crippen LogP contribution in [0.1, 0.15) is 0 Å². The molecule has 3 aromatic heterocycles. The van der Waals surface area contributed by atoms with Crippen LogP contribution < -0.4 is 11.5 Å². The molecule has 0 saturated carbocycles. The van der Waals surface area contributed by atoms with Crippen LogP contribution in [0.5, 0.6) is 0 Å². The molecule has 1 aromatic carbocycles. The highest BCUT2D eigenvalue weighted by Gasteiger charge is 2.12. The van der Waals surface area contributed by atoms with Crippen LogP contribution in [0, 0.1) is 0 Å². The van der Waals surface area contributed by atoms with E-state index < -0.39 is 0 Å². The summed E-state index contributed by atoms with van der Waals surface area (Å²) in [5, 5.41) is 8.03. The normalized spacial score (nSPS) is 11.0. The number of nitrogens with one attached hydrogen (secondary N) is 1. The number of pyridine rings is 2. The average molecular weight is 302 g/mol. The minimum absolute atomic E-state index is 0.471. The lowest BCUT2D eigenvalue weighted by molar-refractivity contribution is 1.13. The quantitative estimate of drug-likeness (QED) is 0.528. The number of aromatic nitrogens is 4. The number of fused-ring (bicyclic) bond motifs is 1. The van der Waals surface area contributed by atoms with Crippen molar-refractivity contribution < 1.29 is 0 Å². The number of hydrogen-bond donors (Lipinski definition) is 3. The molecule has 0 spiro atoms. The van der Waals surface area contributed by atoms with Crippen LogP contribution in [0.15, 0.2) is 55.0 Å². The van der Waals surface area contributed by atoms with Gasteiger partial charge >= 0.3 is 0 Å². The summed E-state index contributed by atoms with van der Waals surface area (Å²) in [6, 6.07) is 11.8. The molecule has 5 N–H and O–H groups in total. The molecule has 0 unspecified atom stereocenters.